The van der Waals surface area contributed by atoms with Crippen LogP contribution in [0.15, 0.2) is 30.6 Å². The lowest BCUT2D eigenvalue weighted by Gasteiger charge is -2.36. The van der Waals surface area contributed by atoms with Crippen LogP contribution in [0.25, 0.3) is 21.3 Å². The molecule has 2 aromatic heterocycles. The Labute approximate surface area is 186 Å². The molecule has 4 rings (SSSR count). The average molecular weight is 442 g/mol. The quantitative estimate of drug-likeness (QED) is 0.265. The van der Waals surface area contributed by atoms with Crippen molar-refractivity contribution >= 4 is 33.9 Å². The number of rotatable bonds is 7. The van der Waals surface area contributed by atoms with E-state index in [1.165, 1.54) is 11.3 Å². The van der Waals surface area contributed by atoms with E-state index in [0.717, 1.165) is 59.9 Å². The number of anilines is 1. The van der Waals surface area contributed by atoms with Crippen LogP contribution in [0.4, 0.5) is 5.69 Å². The standard InChI is InChI=1S/C24H31N3O3S/c1-3-4-11-30-22(28)15-5-7-16(8-6-15)24(2,29)23-27-14-21(31-23)19-12-17(25)13-20-18(19)9-10-26-20/h9-10,12-16,26,29H,3-8,11,25H2,1-2H3/t15?,16?,24-/m1/s1. The van der Waals surface area contributed by atoms with Crippen LogP contribution in [0.2, 0.25) is 0 Å². The maximum Gasteiger partial charge on any atom is 0.308 e. The van der Waals surface area contributed by atoms with Crippen LogP contribution in [-0.2, 0) is 15.1 Å². The second-order valence-electron chi connectivity index (χ2n) is 8.75. The molecule has 7 heteroatoms. The first kappa shape index (κ1) is 21.8. The lowest BCUT2D eigenvalue weighted by Crippen LogP contribution is -2.36. The lowest BCUT2D eigenvalue weighted by atomic mass is 9.74. The number of nitrogens with zero attached hydrogens (tertiary/aromatic N) is 1. The molecule has 0 spiro atoms. The van der Waals surface area contributed by atoms with Crippen LogP contribution in [0.3, 0.4) is 0 Å². The monoisotopic (exact) mass is 441 g/mol. The number of nitrogens with one attached hydrogen (secondary N) is 1. The molecule has 0 bridgehead atoms. The molecule has 1 aromatic carbocycles. The molecular formula is C24H31N3O3S. The molecule has 4 N–H and O–H groups in total. The van der Waals surface area contributed by atoms with Gasteiger partial charge >= 0.3 is 5.97 Å². The maximum absolute atomic E-state index is 12.3. The van der Waals surface area contributed by atoms with E-state index in [0.29, 0.717) is 17.3 Å². The number of ether oxygens (including phenoxy) is 1. The van der Waals surface area contributed by atoms with Gasteiger partial charge in [0.1, 0.15) is 10.6 Å². The van der Waals surface area contributed by atoms with Crippen molar-refractivity contribution in [2.75, 3.05) is 12.3 Å². The zero-order chi connectivity index (χ0) is 22.0. The van der Waals surface area contributed by atoms with Gasteiger partial charge in [-0.05, 0) is 63.1 Å². The molecule has 1 aliphatic rings. The third-order valence-corrected chi connectivity index (χ3v) is 7.75. The van der Waals surface area contributed by atoms with Crippen LogP contribution in [0.5, 0.6) is 0 Å². The van der Waals surface area contributed by atoms with E-state index in [-0.39, 0.29) is 17.8 Å². The lowest BCUT2D eigenvalue weighted by molar-refractivity contribution is -0.151. The molecule has 1 fully saturated rings. The Balaban J connectivity index is 1.46. The van der Waals surface area contributed by atoms with Crippen molar-refractivity contribution in [2.45, 2.75) is 58.0 Å². The Morgan fingerprint density at radius 2 is 2.13 bits per heavy atom. The highest BCUT2D eigenvalue weighted by Crippen LogP contribution is 2.44. The number of hydrogen-bond acceptors (Lipinski definition) is 6. The van der Waals surface area contributed by atoms with E-state index in [1.54, 1.807) is 0 Å². The van der Waals surface area contributed by atoms with Crippen molar-refractivity contribution < 1.29 is 14.6 Å². The number of fused-ring (bicyclic) bond motifs is 1. The van der Waals surface area contributed by atoms with Crippen LogP contribution in [0, 0.1) is 11.8 Å². The fourth-order valence-electron chi connectivity index (χ4n) is 4.53. The molecule has 0 saturated heterocycles. The average Bonchev–Trinajstić information content (AvgIpc) is 3.43. The van der Waals surface area contributed by atoms with E-state index in [4.69, 9.17) is 10.5 Å². The number of aromatic nitrogens is 2. The number of H-pyrrole nitrogens is 1. The first-order valence-electron chi connectivity index (χ1n) is 11.1. The Kier molecular flexibility index (Phi) is 6.34. The summed E-state index contributed by atoms with van der Waals surface area (Å²) in [6.45, 7) is 4.44. The van der Waals surface area contributed by atoms with Gasteiger partial charge in [0.05, 0.1) is 17.4 Å². The minimum Gasteiger partial charge on any atom is -0.465 e. The largest absolute Gasteiger partial charge is 0.465 e. The van der Waals surface area contributed by atoms with Gasteiger partial charge in [-0.25, -0.2) is 4.98 Å². The number of aromatic amines is 1. The number of carbonyl (C=O) groups excluding carboxylic acids is 1. The Morgan fingerprint density at radius 3 is 2.87 bits per heavy atom. The Morgan fingerprint density at radius 1 is 1.35 bits per heavy atom. The van der Waals surface area contributed by atoms with Crippen molar-refractivity contribution in [1.29, 1.82) is 0 Å². The molecule has 3 aromatic rings. The number of carbonyl (C=O) groups is 1. The zero-order valence-corrected chi connectivity index (χ0v) is 19.0. The minimum atomic E-state index is -1.03. The molecule has 0 aliphatic heterocycles. The Bertz CT molecular complexity index is 1050. The van der Waals surface area contributed by atoms with Crippen LogP contribution < -0.4 is 5.73 Å². The second kappa shape index (κ2) is 9.01. The van der Waals surface area contributed by atoms with Gasteiger partial charge in [-0.3, -0.25) is 4.79 Å². The zero-order valence-electron chi connectivity index (χ0n) is 18.2. The topological polar surface area (TPSA) is 101 Å². The van der Waals surface area contributed by atoms with Crippen LogP contribution >= 0.6 is 11.3 Å². The van der Waals surface area contributed by atoms with Gasteiger partial charge < -0.3 is 20.6 Å². The summed E-state index contributed by atoms with van der Waals surface area (Å²) in [5.74, 6) is -0.0653. The second-order valence-corrected chi connectivity index (χ2v) is 9.78. The molecule has 6 nitrogen and oxygen atoms in total. The number of nitrogen functional groups attached to an aromatic ring is 1. The number of unbranched alkanes of at least 4 members (excludes halogenated alkanes) is 1. The third-order valence-electron chi connectivity index (χ3n) is 6.49. The Hall–Kier alpha value is -2.38. The van der Waals surface area contributed by atoms with E-state index in [2.05, 4.69) is 16.9 Å². The minimum absolute atomic E-state index is 0.0510. The molecule has 1 atom stereocenters. The van der Waals surface area contributed by atoms with Gasteiger partial charge in [0, 0.05) is 34.5 Å². The summed E-state index contributed by atoms with van der Waals surface area (Å²) >= 11 is 1.51. The van der Waals surface area contributed by atoms with E-state index < -0.39 is 5.60 Å². The van der Waals surface area contributed by atoms with E-state index >= 15 is 0 Å². The molecule has 0 amide bonds. The number of aliphatic hydroxyl groups is 1. The highest BCUT2D eigenvalue weighted by Gasteiger charge is 2.40. The van der Waals surface area contributed by atoms with Crippen LogP contribution in [0.1, 0.15) is 57.4 Å². The first-order chi connectivity index (χ1) is 14.9. The van der Waals surface area contributed by atoms with Crippen molar-refractivity contribution in [3.8, 4) is 10.4 Å². The summed E-state index contributed by atoms with van der Waals surface area (Å²) in [5.41, 5.74) is 7.75. The summed E-state index contributed by atoms with van der Waals surface area (Å²) < 4.78 is 5.39. The van der Waals surface area contributed by atoms with Crippen molar-refractivity contribution in [1.82, 2.24) is 9.97 Å². The summed E-state index contributed by atoms with van der Waals surface area (Å²) in [5, 5.41) is 13.2. The summed E-state index contributed by atoms with van der Waals surface area (Å²) in [6.07, 6.45) is 8.73. The van der Waals surface area contributed by atoms with Crippen molar-refractivity contribution in [3.05, 3.63) is 35.6 Å². The fourth-order valence-corrected chi connectivity index (χ4v) is 5.60. The maximum atomic E-state index is 12.3. The number of nitrogens with two attached hydrogens (primary N) is 1. The van der Waals surface area contributed by atoms with E-state index in [1.807, 2.05) is 37.5 Å². The summed E-state index contributed by atoms with van der Waals surface area (Å²) in [7, 11) is 0. The summed E-state index contributed by atoms with van der Waals surface area (Å²) in [4.78, 5) is 21.0. The number of thiazole rings is 1. The van der Waals surface area contributed by atoms with Crippen molar-refractivity contribution in [3.63, 3.8) is 0 Å². The number of esters is 1. The predicted molar refractivity (Wildman–Crippen MR) is 125 cm³/mol. The van der Waals surface area contributed by atoms with E-state index in [9.17, 15) is 9.90 Å². The van der Waals surface area contributed by atoms with Gasteiger partial charge in [-0.2, -0.15) is 0 Å². The molecule has 2 heterocycles. The molecule has 1 saturated carbocycles. The molecule has 0 radical (unpaired) electrons. The molecule has 166 valence electrons. The predicted octanol–water partition coefficient (Wildman–Crippen LogP) is 5.23. The third kappa shape index (κ3) is 4.48. The van der Waals surface area contributed by atoms with Gasteiger partial charge in [0.2, 0.25) is 0 Å². The SMILES string of the molecule is CCCCOC(=O)C1CCC([C@@](C)(O)c2ncc(-c3cc(N)cc4[nH]ccc34)s2)CC1. The summed E-state index contributed by atoms with van der Waals surface area (Å²) in [6, 6.07) is 5.91. The number of benzene rings is 1. The van der Waals surface area contributed by atoms with Gasteiger partial charge in [-0.1, -0.05) is 13.3 Å². The first-order valence-corrected chi connectivity index (χ1v) is 11.9. The number of hydrogen-bond donors (Lipinski definition) is 3. The normalized spacial score (nSPS) is 21.1. The van der Waals surface area contributed by atoms with Gasteiger partial charge in [-0.15, -0.1) is 11.3 Å². The van der Waals surface area contributed by atoms with Crippen molar-refractivity contribution in [2.24, 2.45) is 11.8 Å². The molecule has 31 heavy (non-hydrogen) atoms. The van der Waals surface area contributed by atoms with Gasteiger partial charge in [0.15, 0.2) is 0 Å². The molecular weight excluding hydrogens is 410 g/mol. The highest BCUT2D eigenvalue weighted by atomic mass is 32.1. The fraction of sp³-hybridized carbons (Fsp3) is 0.500. The smallest absolute Gasteiger partial charge is 0.308 e. The molecule has 0 unspecified atom stereocenters. The van der Waals surface area contributed by atoms with Gasteiger partial charge in [0.25, 0.3) is 0 Å². The van der Waals surface area contributed by atoms with Crippen LogP contribution in [-0.4, -0.2) is 27.7 Å². The highest BCUT2D eigenvalue weighted by molar-refractivity contribution is 7.15. The molecule has 1 aliphatic carbocycles.